The van der Waals surface area contributed by atoms with E-state index in [9.17, 15) is 18.1 Å². The average Bonchev–Trinajstić information content (AvgIpc) is 2.92. The summed E-state index contributed by atoms with van der Waals surface area (Å²) in [6.07, 6.45) is 3.26. The maximum atomic E-state index is 11.6. The van der Waals surface area contributed by atoms with Crippen LogP contribution in [-0.4, -0.2) is 68.7 Å². The van der Waals surface area contributed by atoms with Crippen LogP contribution < -0.4 is 0 Å². The van der Waals surface area contributed by atoms with Gasteiger partial charge in [0.2, 0.25) is 0 Å². The standard InChI is InChI=1S/C16H19N3O4S.Na.H/c1-11(2)9-16(10-12(24(21,22)23)7-8-15(16)20)19-17-13-5-3-4-6-14(13)18-19;;/h3-8,10-11,15,20H,9H2,1-2H3,(H,21,22,23);;. The zero-order valence-corrected chi connectivity index (χ0v) is 14.2. The SMILES string of the molecule is CC(C)CC1(n2nc3ccccc3n2)C=C(S(=O)(=O)O)C=CC1O.[NaH]. The molecule has 0 radical (unpaired) electrons. The molecule has 1 aliphatic rings. The van der Waals surface area contributed by atoms with E-state index in [2.05, 4.69) is 10.2 Å². The van der Waals surface area contributed by atoms with Crippen LogP contribution in [0.15, 0.2) is 47.4 Å². The van der Waals surface area contributed by atoms with Crippen molar-refractivity contribution in [2.24, 2.45) is 5.92 Å². The minimum absolute atomic E-state index is 0. The fraction of sp³-hybridized carbons (Fsp3) is 0.375. The molecule has 0 aliphatic heterocycles. The fourth-order valence-electron chi connectivity index (χ4n) is 3.03. The zero-order valence-electron chi connectivity index (χ0n) is 13.4. The first kappa shape index (κ1) is 20.3. The Kier molecular flexibility index (Phi) is 5.92. The summed E-state index contributed by atoms with van der Waals surface area (Å²) < 4.78 is 32.6. The van der Waals surface area contributed by atoms with Crippen molar-refractivity contribution < 1.29 is 18.1 Å². The van der Waals surface area contributed by atoms with E-state index < -0.39 is 21.8 Å². The number of hydrogen-bond donors (Lipinski definition) is 2. The van der Waals surface area contributed by atoms with Gasteiger partial charge in [-0.2, -0.15) is 23.4 Å². The van der Waals surface area contributed by atoms with Crippen molar-refractivity contribution in [2.45, 2.75) is 31.9 Å². The summed E-state index contributed by atoms with van der Waals surface area (Å²) in [5, 5.41) is 19.5. The third-order valence-electron chi connectivity index (χ3n) is 4.04. The molecule has 3 rings (SSSR count). The normalized spacial score (nSPS) is 23.6. The Morgan fingerprint density at radius 3 is 2.28 bits per heavy atom. The van der Waals surface area contributed by atoms with Crippen molar-refractivity contribution >= 4 is 50.7 Å². The van der Waals surface area contributed by atoms with Crippen LogP contribution in [0, 0.1) is 5.92 Å². The van der Waals surface area contributed by atoms with Gasteiger partial charge in [-0.15, -0.1) is 0 Å². The van der Waals surface area contributed by atoms with E-state index in [1.807, 2.05) is 26.0 Å². The Hall–Kier alpha value is -1.03. The second-order valence-corrected chi connectivity index (χ2v) is 7.81. The Balaban J connectivity index is 0.00000225. The van der Waals surface area contributed by atoms with Gasteiger partial charge in [0, 0.05) is 0 Å². The predicted molar refractivity (Wildman–Crippen MR) is 96.9 cm³/mol. The second-order valence-electron chi connectivity index (χ2n) is 6.39. The van der Waals surface area contributed by atoms with E-state index in [1.54, 1.807) is 12.1 Å². The number of aromatic nitrogens is 3. The van der Waals surface area contributed by atoms with E-state index in [0.717, 1.165) is 0 Å². The predicted octanol–water partition coefficient (Wildman–Crippen LogP) is 1.23. The third kappa shape index (κ3) is 3.89. The molecule has 0 spiro atoms. The molecule has 2 unspecified atom stereocenters. The summed E-state index contributed by atoms with van der Waals surface area (Å²) in [7, 11) is -4.40. The van der Waals surface area contributed by atoms with Crippen molar-refractivity contribution in [1.82, 2.24) is 15.0 Å². The van der Waals surface area contributed by atoms with Crippen LogP contribution in [0.1, 0.15) is 20.3 Å². The van der Waals surface area contributed by atoms with Gasteiger partial charge in [0.15, 0.2) is 0 Å². The van der Waals surface area contributed by atoms with E-state index in [1.165, 1.54) is 23.0 Å². The monoisotopic (exact) mass is 373 g/mol. The number of aliphatic hydroxyl groups excluding tert-OH is 1. The molecule has 1 heterocycles. The number of rotatable bonds is 4. The van der Waals surface area contributed by atoms with E-state index in [4.69, 9.17) is 0 Å². The van der Waals surface area contributed by atoms with Gasteiger partial charge in [-0.05, 0) is 36.6 Å². The third-order valence-corrected chi connectivity index (χ3v) is 4.89. The number of aliphatic hydroxyl groups is 1. The first-order chi connectivity index (χ1) is 11.2. The van der Waals surface area contributed by atoms with Crippen molar-refractivity contribution in [3.63, 3.8) is 0 Å². The number of fused-ring (bicyclic) bond motifs is 1. The van der Waals surface area contributed by atoms with E-state index in [-0.39, 0.29) is 40.4 Å². The Morgan fingerprint density at radius 2 is 1.80 bits per heavy atom. The summed E-state index contributed by atoms with van der Waals surface area (Å²) in [6.45, 7) is 3.91. The summed E-state index contributed by atoms with van der Waals surface area (Å²) in [4.78, 5) is 1.09. The zero-order chi connectivity index (χ0) is 17.5. The molecule has 7 nitrogen and oxygen atoms in total. The van der Waals surface area contributed by atoms with Crippen LogP contribution in [0.5, 0.6) is 0 Å². The maximum absolute atomic E-state index is 11.6. The Labute approximate surface area is 168 Å². The molecule has 130 valence electrons. The summed E-state index contributed by atoms with van der Waals surface area (Å²) >= 11 is 0. The molecule has 1 aliphatic carbocycles. The van der Waals surface area contributed by atoms with Gasteiger partial charge in [0.1, 0.15) is 22.7 Å². The van der Waals surface area contributed by atoms with Gasteiger partial charge in [-0.25, -0.2) is 0 Å². The van der Waals surface area contributed by atoms with Gasteiger partial charge in [0.25, 0.3) is 10.1 Å². The number of allylic oxidation sites excluding steroid dienone is 1. The van der Waals surface area contributed by atoms with Crippen LogP contribution in [-0.2, 0) is 15.7 Å². The quantitative estimate of drug-likeness (QED) is 0.617. The molecule has 0 bridgehead atoms. The molecular formula is C16H20N3NaO4S. The Morgan fingerprint density at radius 1 is 1.24 bits per heavy atom. The Bertz CT molecular complexity index is 903. The van der Waals surface area contributed by atoms with Gasteiger partial charge in [0.05, 0.1) is 4.91 Å². The van der Waals surface area contributed by atoms with Gasteiger partial charge >= 0.3 is 29.6 Å². The fourth-order valence-corrected chi connectivity index (χ4v) is 3.63. The molecule has 2 atom stereocenters. The van der Waals surface area contributed by atoms with Crippen molar-refractivity contribution in [3.05, 3.63) is 47.4 Å². The van der Waals surface area contributed by atoms with Crippen LogP contribution in [0.2, 0.25) is 0 Å². The molecular weight excluding hydrogens is 353 g/mol. The van der Waals surface area contributed by atoms with E-state index in [0.29, 0.717) is 17.5 Å². The topological polar surface area (TPSA) is 105 Å². The first-order valence-corrected chi connectivity index (χ1v) is 9.05. The molecule has 25 heavy (non-hydrogen) atoms. The number of nitrogens with zero attached hydrogens (tertiary/aromatic N) is 3. The molecule has 0 saturated carbocycles. The molecule has 2 aromatic rings. The van der Waals surface area contributed by atoms with Gasteiger partial charge in [-0.1, -0.05) is 32.1 Å². The molecule has 9 heteroatoms. The summed E-state index contributed by atoms with van der Waals surface area (Å²) in [5.41, 5.74) is 0.0981. The second kappa shape index (κ2) is 7.30. The van der Waals surface area contributed by atoms with Gasteiger partial charge in [-0.3, -0.25) is 4.55 Å². The summed E-state index contributed by atoms with van der Waals surface area (Å²) in [6, 6.07) is 7.24. The van der Waals surface area contributed by atoms with Crippen molar-refractivity contribution in [3.8, 4) is 0 Å². The molecule has 1 aromatic heterocycles. The average molecular weight is 373 g/mol. The van der Waals surface area contributed by atoms with Gasteiger partial charge < -0.3 is 5.11 Å². The molecule has 2 N–H and O–H groups in total. The molecule has 0 fully saturated rings. The number of hydrogen-bond acceptors (Lipinski definition) is 5. The number of benzene rings is 1. The van der Waals surface area contributed by atoms with Crippen molar-refractivity contribution in [1.29, 1.82) is 0 Å². The molecule has 0 saturated heterocycles. The van der Waals surface area contributed by atoms with Crippen LogP contribution in [0.4, 0.5) is 0 Å². The van der Waals surface area contributed by atoms with Crippen molar-refractivity contribution in [2.75, 3.05) is 0 Å². The van der Waals surface area contributed by atoms with E-state index >= 15 is 0 Å². The molecule has 0 amide bonds. The summed E-state index contributed by atoms with van der Waals surface area (Å²) in [5.74, 6) is 0.124. The van der Waals surface area contributed by atoms with Crippen LogP contribution in [0.25, 0.3) is 11.0 Å². The first-order valence-electron chi connectivity index (χ1n) is 7.61. The van der Waals surface area contributed by atoms with Crippen LogP contribution >= 0.6 is 0 Å². The minimum atomic E-state index is -4.40. The molecule has 1 aromatic carbocycles. The van der Waals surface area contributed by atoms with Crippen LogP contribution in [0.3, 0.4) is 0 Å².